The van der Waals surface area contributed by atoms with Gasteiger partial charge >= 0.3 is 0 Å². The lowest BCUT2D eigenvalue weighted by Crippen LogP contribution is -2.35. The third-order valence-corrected chi connectivity index (χ3v) is 2.00. The smallest absolute Gasteiger partial charge is 0.234 e. The zero-order chi connectivity index (χ0) is 11.8. The Kier molecular flexibility index (Phi) is 5.44. The maximum atomic E-state index is 11.3. The Morgan fingerprint density at radius 3 is 3.06 bits per heavy atom. The van der Waals surface area contributed by atoms with Crippen LogP contribution in [0.3, 0.4) is 0 Å². The van der Waals surface area contributed by atoms with Crippen LogP contribution in [-0.2, 0) is 23.1 Å². The van der Waals surface area contributed by atoms with Crippen molar-refractivity contribution in [1.82, 2.24) is 25.4 Å². The summed E-state index contributed by atoms with van der Waals surface area (Å²) < 4.78 is 6.62. The molecule has 0 aliphatic rings. The summed E-state index contributed by atoms with van der Waals surface area (Å²) in [6.07, 6.45) is 1.62. The van der Waals surface area contributed by atoms with Crippen molar-refractivity contribution in [3.63, 3.8) is 0 Å². The Bertz CT molecular complexity index is 325. The highest BCUT2D eigenvalue weighted by Gasteiger charge is 2.02. The maximum absolute atomic E-state index is 11.3. The minimum Gasteiger partial charge on any atom is -0.383 e. The Labute approximate surface area is 94.2 Å². The molecule has 1 heterocycles. The number of aryl methyl sites for hydroxylation is 1. The van der Waals surface area contributed by atoms with Crippen LogP contribution < -0.4 is 10.6 Å². The number of aromatic nitrogens is 3. The number of carbonyl (C=O) groups excluding carboxylic acids is 1. The number of methoxy groups -OCH3 is 1. The molecule has 0 saturated heterocycles. The second-order valence-corrected chi connectivity index (χ2v) is 3.30. The average Bonchev–Trinajstić information content (AvgIpc) is 2.65. The van der Waals surface area contributed by atoms with Gasteiger partial charge in [0, 0.05) is 20.7 Å². The van der Waals surface area contributed by atoms with Crippen LogP contribution >= 0.6 is 0 Å². The molecule has 0 bridgehead atoms. The van der Waals surface area contributed by atoms with Gasteiger partial charge in [0.05, 0.1) is 19.7 Å². The highest BCUT2D eigenvalue weighted by Crippen LogP contribution is 1.88. The van der Waals surface area contributed by atoms with Gasteiger partial charge in [-0.3, -0.25) is 4.79 Å². The van der Waals surface area contributed by atoms with Crippen molar-refractivity contribution in [2.24, 2.45) is 7.05 Å². The Morgan fingerprint density at radius 2 is 2.44 bits per heavy atom. The topological polar surface area (TPSA) is 81.1 Å². The molecule has 1 amide bonds. The van der Waals surface area contributed by atoms with Gasteiger partial charge in [-0.1, -0.05) is 0 Å². The van der Waals surface area contributed by atoms with Crippen molar-refractivity contribution < 1.29 is 9.53 Å². The van der Waals surface area contributed by atoms with Gasteiger partial charge in [-0.05, 0) is 0 Å². The lowest BCUT2D eigenvalue weighted by Gasteiger charge is -2.05. The predicted octanol–water partition coefficient (Wildman–Crippen LogP) is -1.33. The van der Waals surface area contributed by atoms with Crippen molar-refractivity contribution in [2.45, 2.75) is 6.54 Å². The summed E-state index contributed by atoms with van der Waals surface area (Å²) >= 11 is 0. The average molecular weight is 227 g/mol. The quantitative estimate of drug-likeness (QED) is 0.564. The number of hydrogen-bond donors (Lipinski definition) is 2. The highest BCUT2D eigenvalue weighted by molar-refractivity contribution is 5.77. The van der Waals surface area contributed by atoms with Crippen LogP contribution in [0.5, 0.6) is 0 Å². The van der Waals surface area contributed by atoms with Gasteiger partial charge in [-0.25, -0.2) is 0 Å². The fourth-order valence-electron chi connectivity index (χ4n) is 1.11. The molecule has 0 saturated carbocycles. The molecule has 16 heavy (non-hydrogen) atoms. The molecule has 7 heteroatoms. The molecule has 0 atom stereocenters. The summed E-state index contributed by atoms with van der Waals surface area (Å²) in [4.78, 5) is 11.3. The van der Waals surface area contributed by atoms with Gasteiger partial charge < -0.3 is 19.9 Å². The van der Waals surface area contributed by atoms with Gasteiger partial charge in [-0.2, -0.15) is 0 Å². The van der Waals surface area contributed by atoms with Gasteiger partial charge in [0.2, 0.25) is 5.91 Å². The van der Waals surface area contributed by atoms with Gasteiger partial charge in [-0.15, -0.1) is 10.2 Å². The number of nitrogens with zero attached hydrogens (tertiary/aromatic N) is 3. The first-order valence-corrected chi connectivity index (χ1v) is 5.03. The molecule has 0 spiro atoms. The predicted molar refractivity (Wildman–Crippen MR) is 57.6 cm³/mol. The van der Waals surface area contributed by atoms with Crippen LogP contribution in [0.25, 0.3) is 0 Å². The fourth-order valence-corrected chi connectivity index (χ4v) is 1.11. The molecule has 0 aliphatic heterocycles. The first kappa shape index (κ1) is 12.6. The minimum absolute atomic E-state index is 0.0563. The summed E-state index contributed by atoms with van der Waals surface area (Å²) in [5.74, 6) is 0.740. The molecule has 2 N–H and O–H groups in total. The zero-order valence-electron chi connectivity index (χ0n) is 9.56. The van der Waals surface area contributed by atoms with Crippen molar-refractivity contribution in [1.29, 1.82) is 0 Å². The second kappa shape index (κ2) is 6.91. The first-order chi connectivity index (χ1) is 7.74. The third kappa shape index (κ3) is 4.37. The largest absolute Gasteiger partial charge is 0.383 e. The van der Waals surface area contributed by atoms with E-state index in [1.165, 1.54) is 0 Å². The lowest BCUT2D eigenvalue weighted by atomic mass is 10.5. The zero-order valence-corrected chi connectivity index (χ0v) is 9.56. The van der Waals surface area contributed by atoms with E-state index in [1.54, 1.807) is 18.0 Å². The molecule has 0 radical (unpaired) electrons. The lowest BCUT2D eigenvalue weighted by molar-refractivity contribution is -0.120. The number of nitrogens with one attached hydrogen (secondary N) is 2. The Hall–Kier alpha value is -1.47. The summed E-state index contributed by atoms with van der Waals surface area (Å²) in [6.45, 7) is 1.83. The number of carbonyl (C=O) groups is 1. The van der Waals surface area contributed by atoms with Crippen LogP contribution in [0.4, 0.5) is 0 Å². The Balaban J connectivity index is 2.11. The van der Waals surface area contributed by atoms with Crippen LogP contribution in [-0.4, -0.2) is 47.5 Å². The molecular formula is C9H17N5O2. The molecule has 0 aromatic carbocycles. The van der Waals surface area contributed by atoms with Gasteiger partial charge in [0.15, 0.2) is 0 Å². The first-order valence-electron chi connectivity index (χ1n) is 5.03. The number of rotatable bonds is 7. The molecule has 0 unspecified atom stereocenters. The van der Waals surface area contributed by atoms with E-state index < -0.39 is 0 Å². The van der Waals surface area contributed by atoms with Crippen molar-refractivity contribution >= 4 is 5.91 Å². The summed E-state index contributed by atoms with van der Waals surface area (Å²) in [5, 5.41) is 13.3. The fraction of sp³-hybridized carbons (Fsp3) is 0.667. The normalized spacial score (nSPS) is 10.4. The van der Waals surface area contributed by atoms with E-state index in [2.05, 4.69) is 20.8 Å². The summed E-state index contributed by atoms with van der Waals surface area (Å²) in [7, 11) is 3.45. The van der Waals surface area contributed by atoms with E-state index in [4.69, 9.17) is 4.74 Å². The van der Waals surface area contributed by atoms with Crippen LogP contribution in [0.2, 0.25) is 0 Å². The second-order valence-electron chi connectivity index (χ2n) is 3.30. The van der Waals surface area contributed by atoms with E-state index in [0.29, 0.717) is 19.7 Å². The van der Waals surface area contributed by atoms with Crippen LogP contribution in [0.1, 0.15) is 5.82 Å². The number of ether oxygens (including phenoxy) is 1. The monoisotopic (exact) mass is 227 g/mol. The third-order valence-electron chi connectivity index (χ3n) is 2.00. The number of amides is 1. The minimum atomic E-state index is -0.0563. The number of hydrogen-bond acceptors (Lipinski definition) is 5. The summed E-state index contributed by atoms with van der Waals surface area (Å²) in [6, 6.07) is 0. The van der Waals surface area contributed by atoms with Gasteiger partial charge in [0.1, 0.15) is 12.2 Å². The van der Waals surface area contributed by atoms with Crippen molar-refractivity contribution in [3.05, 3.63) is 12.2 Å². The van der Waals surface area contributed by atoms with Crippen LogP contribution in [0, 0.1) is 0 Å². The maximum Gasteiger partial charge on any atom is 0.234 e. The van der Waals surface area contributed by atoms with Gasteiger partial charge in [0.25, 0.3) is 0 Å². The van der Waals surface area contributed by atoms with Crippen LogP contribution in [0.15, 0.2) is 6.33 Å². The summed E-state index contributed by atoms with van der Waals surface area (Å²) in [5.41, 5.74) is 0. The van der Waals surface area contributed by atoms with Crippen molar-refractivity contribution in [2.75, 3.05) is 26.8 Å². The van der Waals surface area contributed by atoms with Crippen molar-refractivity contribution in [3.8, 4) is 0 Å². The highest BCUT2D eigenvalue weighted by atomic mass is 16.5. The standard InChI is InChI=1S/C9H17N5O2/c1-14-7-12-13-8(14)5-10-6-9(15)11-3-4-16-2/h7,10H,3-6H2,1-2H3,(H,11,15). The van der Waals surface area contributed by atoms with E-state index in [0.717, 1.165) is 5.82 Å². The molecule has 1 aromatic rings. The molecule has 1 aromatic heterocycles. The molecule has 7 nitrogen and oxygen atoms in total. The molecular weight excluding hydrogens is 210 g/mol. The van der Waals surface area contributed by atoms with E-state index in [1.807, 2.05) is 7.05 Å². The van der Waals surface area contributed by atoms with E-state index in [-0.39, 0.29) is 12.5 Å². The van der Waals surface area contributed by atoms with E-state index >= 15 is 0 Å². The molecule has 0 fully saturated rings. The Morgan fingerprint density at radius 1 is 1.62 bits per heavy atom. The van der Waals surface area contributed by atoms with E-state index in [9.17, 15) is 4.79 Å². The molecule has 0 aliphatic carbocycles. The SMILES string of the molecule is COCCNC(=O)CNCc1nncn1C. The molecule has 90 valence electrons. The molecule has 1 rings (SSSR count).